The summed E-state index contributed by atoms with van der Waals surface area (Å²) in [5.41, 5.74) is 0.902. The zero-order chi connectivity index (χ0) is 18.4. The Morgan fingerprint density at radius 3 is 2.28 bits per heavy atom. The number of ether oxygens (including phenoxy) is 2. The van der Waals surface area contributed by atoms with Crippen LogP contribution in [0.1, 0.15) is 65.4 Å². The van der Waals surface area contributed by atoms with E-state index in [1.165, 1.54) is 5.56 Å². The molecule has 0 radical (unpaired) electrons. The SMILES string of the molecule is CC(C)CCOc1ccc(C2CCN(C(=O)OC(C)(C)C)CC2)cc1. The number of piperidine rings is 1. The maximum absolute atomic E-state index is 12.1. The standard InChI is InChI=1S/C21H33NO3/c1-16(2)12-15-24-19-8-6-17(7-9-19)18-10-13-22(14-11-18)20(23)25-21(3,4)5/h6-9,16,18H,10-15H2,1-5H3. The quantitative estimate of drug-likeness (QED) is 0.732. The second-order valence-electron chi connectivity index (χ2n) is 8.34. The van der Waals surface area contributed by atoms with Crippen molar-refractivity contribution >= 4 is 6.09 Å². The van der Waals surface area contributed by atoms with Crippen LogP contribution in [-0.4, -0.2) is 36.3 Å². The fourth-order valence-electron chi connectivity index (χ4n) is 2.97. The molecule has 1 aliphatic heterocycles. The summed E-state index contributed by atoms with van der Waals surface area (Å²) in [7, 11) is 0. The van der Waals surface area contributed by atoms with Gasteiger partial charge in [0.15, 0.2) is 0 Å². The van der Waals surface area contributed by atoms with Gasteiger partial charge in [0.1, 0.15) is 11.4 Å². The van der Waals surface area contributed by atoms with Crippen molar-refractivity contribution in [1.82, 2.24) is 4.90 Å². The number of nitrogens with zero attached hydrogens (tertiary/aromatic N) is 1. The van der Waals surface area contributed by atoms with Gasteiger partial charge in [-0.15, -0.1) is 0 Å². The lowest BCUT2D eigenvalue weighted by Gasteiger charge is -2.33. The van der Waals surface area contributed by atoms with E-state index in [0.717, 1.165) is 44.7 Å². The molecule has 0 spiro atoms. The van der Waals surface area contributed by atoms with Gasteiger partial charge in [0.25, 0.3) is 0 Å². The minimum atomic E-state index is -0.431. The first-order chi connectivity index (χ1) is 11.7. The van der Waals surface area contributed by atoms with Gasteiger partial charge in [-0.05, 0) is 69.6 Å². The summed E-state index contributed by atoms with van der Waals surface area (Å²) < 4.78 is 11.2. The predicted octanol–water partition coefficient (Wildman–Crippen LogP) is 5.23. The Kier molecular flexibility index (Phi) is 6.74. The van der Waals surface area contributed by atoms with E-state index < -0.39 is 5.60 Å². The van der Waals surface area contributed by atoms with Gasteiger partial charge in [-0.3, -0.25) is 0 Å². The third-order valence-electron chi connectivity index (χ3n) is 4.46. The normalized spacial score (nSPS) is 16.2. The monoisotopic (exact) mass is 347 g/mol. The van der Waals surface area contributed by atoms with Crippen LogP contribution in [0.4, 0.5) is 4.79 Å². The van der Waals surface area contributed by atoms with Gasteiger partial charge in [-0.2, -0.15) is 0 Å². The molecule has 0 atom stereocenters. The van der Waals surface area contributed by atoms with Crippen molar-refractivity contribution in [2.45, 2.75) is 65.4 Å². The summed E-state index contributed by atoms with van der Waals surface area (Å²) in [6.07, 6.45) is 2.84. The van der Waals surface area contributed by atoms with Crippen LogP contribution in [0.5, 0.6) is 5.75 Å². The molecule has 1 amide bonds. The van der Waals surface area contributed by atoms with E-state index >= 15 is 0 Å². The zero-order valence-electron chi connectivity index (χ0n) is 16.4. The van der Waals surface area contributed by atoms with E-state index in [9.17, 15) is 4.79 Å². The van der Waals surface area contributed by atoms with E-state index in [1.807, 2.05) is 25.7 Å². The summed E-state index contributed by atoms with van der Waals surface area (Å²) in [6, 6.07) is 8.46. The van der Waals surface area contributed by atoms with E-state index in [1.54, 1.807) is 0 Å². The second-order valence-corrected chi connectivity index (χ2v) is 8.34. The number of hydrogen-bond acceptors (Lipinski definition) is 3. The number of carbonyl (C=O) groups is 1. The Balaban J connectivity index is 1.81. The Hall–Kier alpha value is -1.71. The van der Waals surface area contributed by atoms with Crippen LogP contribution in [0, 0.1) is 5.92 Å². The molecular formula is C21H33NO3. The van der Waals surface area contributed by atoms with Crippen LogP contribution in [0.25, 0.3) is 0 Å². The fourth-order valence-corrected chi connectivity index (χ4v) is 2.97. The maximum atomic E-state index is 12.1. The first kappa shape index (κ1) is 19.6. The first-order valence-electron chi connectivity index (χ1n) is 9.45. The summed E-state index contributed by atoms with van der Waals surface area (Å²) in [5.74, 6) is 2.11. The number of amides is 1. The molecule has 1 aromatic carbocycles. The summed E-state index contributed by atoms with van der Waals surface area (Å²) in [5, 5.41) is 0. The molecule has 0 aliphatic carbocycles. The Bertz CT molecular complexity index is 537. The molecule has 1 aromatic rings. The molecule has 25 heavy (non-hydrogen) atoms. The third-order valence-corrected chi connectivity index (χ3v) is 4.46. The van der Waals surface area contributed by atoms with Gasteiger partial charge in [-0.25, -0.2) is 4.79 Å². The molecule has 4 nitrogen and oxygen atoms in total. The largest absolute Gasteiger partial charge is 0.494 e. The highest BCUT2D eigenvalue weighted by Gasteiger charge is 2.27. The van der Waals surface area contributed by atoms with Crippen molar-refractivity contribution < 1.29 is 14.3 Å². The molecule has 1 heterocycles. The number of rotatable bonds is 5. The molecular weight excluding hydrogens is 314 g/mol. The number of likely N-dealkylation sites (tertiary alicyclic amines) is 1. The summed E-state index contributed by atoms with van der Waals surface area (Å²) >= 11 is 0. The first-order valence-corrected chi connectivity index (χ1v) is 9.45. The van der Waals surface area contributed by atoms with Gasteiger partial charge in [0.05, 0.1) is 6.61 Å². The highest BCUT2D eigenvalue weighted by molar-refractivity contribution is 5.68. The van der Waals surface area contributed by atoms with Crippen molar-refractivity contribution in [1.29, 1.82) is 0 Å². The van der Waals surface area contributed by atoms with Crippen LogP contribution < -0.4 is 4.74 Å². The van der Waals surface area contributed by atoms with E-state index in [4.69, 9.17) is 9.47 Å². The van der Waals surface area contributed by atoms with Crippen LogP contribution >= 0.6 is 0 Å². The van der Waals surface area contributed by atoms with Crippen molar-refractivity contribution in [2.24, 2.45) is 5.92 Å². The highest BCUT2D eigenvalue weighted by Crippen LogP contribution is 2.30. The minimum Gasteiger partial charge on any atom is -0.494 e. The molecule has 140 valence electrons. The average molecular weight is 347 g/mol. The molecule has 1 saturated heterocycles. The second kappa shape index (κ2) is 8.59. The van der Waals surface area contributed by atoms with Crippen LogP contribution in [0.15, 0.2) is 24.3 Å². The van der Waals surface area contributed by atoms with Crippen molar-refractivity contribution in [2.75, 3.05) is 19.7 Å². The fraction of sp³-hybridized carbons (Fsp3) is 0.667. The summed E-state index contributed by atoms with van der Waals surface area (Å²) in [6.45, 7) is 12.4. The summed E-state index contributed by atoms with van der Waals surface area (Å²) in [4.78, 5) is 14.0. The number of carbonyl (C=O) groups excluding carboxylic acids is 1. The van der Waals surface area contributed by atoms with Crippen LogP contribution in [-0.2, 0) is 4.74 Å². The molecule has 1 aliphatic rings. The topological polar surface area (TPSA) is 38.8 Å². The predicted molar refractivity (Wildman–Crippen MR) is 101 cm³/mol. The third kappa shape index (κ3) is 6.60. The number of hydrogen-bond donors (Lipinski definition) is 0. The lowest BCUT2D eigenvalue weighted by atomic mass is 9.89. The van der Waals surface area contributed by atoms with Gasteiger partial charge >= 0.3 is 6.09 Å². The molecule has 0 aromatic heterocycles. The minimum absolute atomic E-state index is 0.195. The van der Waals surface area contributed by atoms with Gasteiger partial charge in [0.2, 0.25) is 0 Å². The van der Waals surface area contributed by atoms with Gasteiger partial charge in [0, 0.05) is 13.1 Å². The van der Waals surface area contributed by atoms with Gasteiger partial charge in [-0.1, -0.05) is 26.0 Å². The zero-order valence-corrected chi connectivity index (χ0v) is 16.4. The maximum Gasteiger partial charge on any atom is 0.410 e. The molecule has 4 heteroatoms. The Morgan fingerprint density at radius 1 is 1.16 bits per heavy atom. The lowest BCUT2D eigenvalue weighted by molar-refractivity contribution is 0.0205. The lowest BCUT2D eigenvalue weighted by Crippen LogP contribution is -2.41. The average Bonchev–Trinajstić information content (AvgIpc) is 2.54. The van der Waals surface area contributed by atoms with Crippen molar-refractivity contribution in [3.8, 4) is 5.75 Å². The molecule has 1 fully saturated rings. The van der Waals surface area contributed by atoms with Crippen LogP contribution in [0.3, 0.4) is 0 Å². The molecule has 0 saturated carbocycles. The smallest absolute Gasteiger partial charge is 0.410 e. The van der Waals surface area contributed by atoms with Crippen molar-refractivity contribution in [3.05, 3.63) is 29.8 Å². The highest BCUT2D eigenvalue weighted by atomic mass is 16.6. The van der Waals surface area contributed by atoms with E-state index in [-0.39, 0.29) is 6.09 Å². The van der Waals surface area contributed by atoms with E-state index in [0.29, 0.717) is 11.8 Å². The number of benzene rings is 1. The Morgan fingerprint density at radius 2 is 1.76 bits per heavy atom. The van der Waals surface area contributed by atoms with Crippen LogP contribution in [0.2, 0.25) is 0 Å². The molecule has 0 bridgehead atoms. The molecule has 0 N–H and O–H groups in total. The van der Waals surface area contributed by atoms with Gasteiger partial charge < -0.3 is 14.4 Å². The van der Waals surface area contributed by atoms with Crippen molar-refractivity contribution in [3.63, 3.8) is 0 Å². The molecule has 0 unspecified atom stereocenters. The Labute approximate surface area is 152 Å². The molecule has 2 rings (SSSR count). The van der Waals surface area contributed by atoms with E-state index in [2.05, 4.69) is 38.1 Å².